The fourth-order valence-corrected chi connectivity index (χ4v) is 5.19. The zero-order chi connectivity index (χ0) is 27.2. The Morgan fingerprint density at radius 3 is 2.39 bits per heavy atom. The van der Waals surface area contributed by atoms with E-state index in [9.17, 15) is 19.5 Å². The number of rotatable bonds is 12. The number of hydrogen-bond acceptors (Lipinski definition) is 5. The Labute approximate surface area is 227 Å². The molecule has 1 saturated heterocycles. The van der Waals surface area contributed by atoms with Gasteiger partial charge in [0, 0.05) is 24.4 Å². The first-order chi connectivity index (χ1) is 18.3. The fourth-order valence-electron chi connectivity index (χ4n) is 4.50. The average molecular weight is 535 g/mol. The Morgan fingerprint density at radius 1 is 1.03 bits per heavy atom. The number of aromatic nitrogens is 2. The third-order valence-electron chi connectivity index (χ3n) is 6.63. The molecule has 2 aromatic heterocycles. The Kier molecular flexibility index (Phi) is 8.78. The van der Waals surface area contributed by atoms with Crippen LogP contribution in [-0.4, -0.2) is 48.9 Å². The van der Waals surface area contributed by atoms with Gasteiger partial charge < -0.3 is 9.67 Å². The van der Waals surface area contributed by atoms with Gasteiger partial charge in [0.2, 0.25) is 0 Å². The van der Waals surface area contributed by atoms with E-state index in [4.69, 9.17) is 0 Å². The van der Waals surface area contributed by atoms with Crippen LogP contribution < -0.4 is 0 Å². The van der Waals surface area contributed by atoms with Crippen LogP contribution in [0.1, 0.15) is 77.4 Å². The number of aryl methyl sites for hydroxylation is 2. The second kappa shape index (κ2) is 12.2. The first kappa shape index (κ1) is 27.3. The second-order valence-corrected chi connectivity index (χ2v) is 10.7. The van der Waals surface area contributed by atoms with Gasteiger partial charge in [0.1, 0.15) is 11.5 Å². The summed E-state index contributed by atoms with van der Waals surface area (Å²) < 4.78 is 2.05. The molecule has 4 rings (SSSR count). The number of hydrogen-bond donors (Lipinski definition) is 1. The van der Waals surface area contributed by atoms with E-state index in [1.807, 2.05) is 25.3 Å². The highest BCUT2D eigenvalue weighted by atomic mass is 32.1. The third-order valence-corrected chi connectivity index (χ3v) is 7.54. The summed E-state index contributed by atoms with van der Waals surface area (Å²) in [4.78, 5) is 46.9. The lowest BCUT2D eigenvalue weighted by molar-refractivity contribution is -0.123. The molecule has 1 aromatic carbocycles. The number of nitrogens with zero attached hydrogens (tertiary/aromatic N) is 4. The normalized spacial score (nSPS) is 14.8. The predicted molar refractivity (Wildman–Crippen MR) is 148 cm³/mol. The minimum absolute atomic E-state index is 0.231. The van der Waals surface area contributed by atoms with Crippen molar-refractivity contribution in [2.75, 3.05) is 6.54 Å². The highest BCUT2D eigenvalue weighted by Gasteiger charge is 2.40. The summed E-state index contributed by atoms with van der Waals surface area (Å²) in [5.41, 5.74) is 3.23. The number of carboxylic acid groups (broad SMARTS) is 1. The number of unbranched alkanes of at least 4 members (excludes halogenated alkanes) is 2. The summed E-state index contributed by atoms with van der Waals surface area (Å²) >= 11 is 1.62. The molecular formula is C29H34N4O4S. The minimum atomic E-state index is -0.966. The van der Waals surface area contributed by atoms with Gasteiger partial charge in [-0.15, -0.1) is 11.3 Å². The van der Waals surface area contributed by atoms with Crippen LogP contribution in [0.2, 0.25) is 0 Å². The van der Waals surface area contributed by atoms with Crippen molar-refractivity contribution in [3.8, 4) is 0 Å². The Balaban J connectivity index is 1.72. The molecule has 38 heavy (non-hydrogen) atoms. The molecule has 0 spiro atoms. The molecule has 0 bridgehead atoms. The van der Waals surface area contributed by atoms with Crippen molar-refractivity contribution in [2.45, 2.75) is 66.0 Å². The van der Waals surface area contributed by atoms with Crippen LogP contribution in [0, 0.1) is 6.92 Å². The van der Waals surface area contributed by atoms with E-state index < -0.39 is 5.97 Å². The van der Waals surface area contributed by atoms with Crippen molar-refractivity contribution >= 4 is 35.3 Å². The van der Waals surface area contributed by atoms with Crippen molar-refractivity contribution in [1.82, 2.24) is 19.4 Å². The summed E-state index contributed by atoms with van der Waals surface area (Å²) in [5, 5.41) is 11.3. The maximum absolute atomic E-state index is 13.5. The molecule has 3 aromatic rings. The number of imide groups is 1. The number of carbonyl (C=O) groups excluding carboxylic acids is 2. The van der Waals surface area contributed by atoms with E-state index in [0.29, 0.717) is 25.3 Å². The Hall–Kier alpha value is -3.72. The van der Waals surface area contributed by atoms with Crippen LogP contribution >= 0.6 is 11.3 Å². The Bertz CT molecular complexity index is 1340. The molecule has 1 N–H and O–H groups in total. The van der Waals surface area contributed by atoms with E-state index in [0.717, 1.165) is 59.6 Å². The summed E-state index contributed by atoms with van der Waals surface area (Å²) in [6, 6.07) is 8.53. The first-order valence-electron chi connectivity index (χ1n) is 13.1. The molecule has 0 atom stereocenters. The lowest BCUT2D eigenvalue weighted by Crippen LogP contribution is -2.33. The van der Waals surface area contributed by atoms with Crippen molar-refractivity contribution in [1.29, 1.82) is 0 Å². The van der Waals surface area contributed by atoms with Crippen LogP contribution in [0.25, 0.3) is 6.08 Å². The summed E-state index contributed by atoms with van der Waals surface area (Å²) in [6.45, 7) is 7.38. The van der Waals surface area contributed by atoms with Crippen LogP contribution in [0.4, 0.5) is 4.79 Å². The monoisotopic (exact) mass is 534 g/mol. The summed E-state index contributed by atoms with van der Waals surface area (Å²) in [5.74, 6) is -0.365. The van der Waals surface area contributed by atoms with Gasteiger partial charge >= 0.3 is 12.0 Å². The van der Waals surface area contributed by atoms with Crippen LogP contribution in [-0.2, 0) is 24.3 Å². The van der Waals surface area contributed by atoms with E-state index in [-0.39, 0.29) is 17.5 Å². The van der Waals surface area contributed by atoms with E-state index >= 15 is 0 Å². The molecule has 8 nitrogen and oxygen atoms in total. The lowest BCUT2D eigenvalue weighted by atomic mass is 10.1. The largest absolute Gasteiger partial charge is 0.478 e. The number of imidazole rings is 1. The van der Waals surface area contributed by atoms with Gasteiger partial charge in [-0.3, -0.25) is 14.6 Å². The average Bonchev–Trinajstić information content (AvgIpc) is 3.55. The molecule has 0 saturated carbocycles. The SMILES string of the molecule is CCCCc1ncc(/C=C2/C(=O)N(CCCC)C(=O)N2Cc2csc(C)c2)n1Cc1ccc(C(=O)O)cc1. The number of carbonyl (C=O) groups is 3. The maximum Gasteiger partial charge on any atom is 0.335 e. The lowest BCUT2D eigenvalue weighted by Gasteiger charge is -2.17. The van der Waals surface area contributed by atoms with Crippen molar-refractivity contribution < 1.29 is 19.5 Å². The predicted octanol–water partition coefficient (Wildman–Crippen LogP) is 5.95. The summed E-state index contributed by atoms with van der Waals surface area (Å²) in [7, 11) is 0. The van der Waals surface area contributed by atoms with Crippen LogP contribution in [0.5, 0.6) is 0 Å². The van der Waals surface area contributed by atoms with Gasteiger partial charge in [-0.2, -0.15) is 0 Å². The number of urea groups is 1. The van der Waals surface area contributed by atoms with Crippen molar-refractivity contribution in [3.05, 3.63) is 80.7 Å². The molecule has 0 radical (unpaired) electrons. The van der Waals surface area contributed by atoms with E-state index in [1.165, 1.54) is 4.90 Å². The van der Waals surface area contributed by atoms with Crippen LogP contribution in [0.3, 0.4) is 0 Å². The van der Waals surface area contributed by atoms with Gasteiger partial charge in [0.15, 0.2) is 0 Å². The molecule has 1 aliphatic rings. The fraction of sp³-hybridized carbons (Fsp3) is 0.379. The number of aromatic carboxylic acids is 1. The molecule has 1 fully saturated rings. The summed E-state index contributed by atoms with van der Waals surface area (Å²) in [6.07, 6.45) is 7.93. The van der Waals surface area contributed by atoms with Gasteiger partial charge in [-0.1, -0.05) is 38.8 Å². The van der Waals surface area contributed by atoms with Gasteiger partial charge in [0.05, 0.1) is 24.0 Å². The van der Waals surface area contributed by atoms with Crippen LogP contribution in [0.15, 0.2) is 47.6 Å². The number of amides is 3. The topological polar surface area (TPSA) is 95.7 Å². The molecule has 3 heterocycles. The molecule has 0 aliphatic carbocycles. The molecule has 0 unspecified atom stereocenters. The third kappa shape index (κ3) is 6.05. The Morgan fingerprint density at radius 2 is 1.76 bits per heavy atom. The van der Waals surface area contributed by atoms with E-state index in [2.05, 4.69) is 16.5 Å². The standard InChI is InChI=1S/C29H34N4O4S/c1-4-6-8-26-30-16-24(32(26)17-21-9-11-23(12-10-21)28(35)36)15-25-27(34)31(13-7-5-2)29(37)33(25)18-22-14-20(3)38-19-22/h9-12,14-16,19H,4-8,13,17-18H2,1-3H3,(H,35,36)/b25-15-. The zero-order valence-electron chi connectivity index (χ0n) is 22.1. The van der Waals surface area contributed by atoms with Crippen molar-refractivity contribution in [2.24, 2.45) is 0 Å². The molecular weight excluding hydrogens is 500 g/mol. The highest BCUT2D eigenvalue weighted by Crippen LogP contribution is 2.28. The molecule has 1 aliphatic heterocycles. The number of carboxylic acids is 1. The minimum Gasteiger partial charge on any atom is -0.478 e. The van der Waals surface area contributed by atoms with Gasteiger partial charge in [-0.05, 0) is 60.5 Å². The zero-order valence-corrected chi connectivity index (χ0v) is 23.0. The van der Waals surface area contributed by atoms with Gasteiger partial charge in [-0.25, -0.2) is 14.6 Å². The second-order valence-electron chi connectivity index (χ2n) is 9.57. The molecule has 200 valence electrons. The van der Waals surface area contributed by atoms with E-state index in [1.54, 1.807) is 52.8 Å². The number of thiophene rings is 1. The van der Waals surface area contributed by atoms with Crippen molar-refractivity contribution in [3.63, 3.8) is 0 Å². The highest BCUT2D eigenvalue weighted by molar-refractivity contribution is 7.10. The molecule has 3 amide bonds. The maximum atomic E-state index is 13.5. The quantitative estimate of drug-likeness (QED) is 0.229. The van der Waals surface area contributed by atoms with Gasteiger partial charge in [0.25, 0.3) is 5.91 Å². The number of benzene rings is 1. The molecule has 9 heteroatoms. The smallest absolute Gasteiger partial charge is 0.335 e. The first-order valence-corrected chi connectivity index (χ1v) is 14.0.